The Labute approximate surface area is 214 Å². The molecule has 4 amide bonds. The Morgan fingerprint density at radius 2 is 1.69 bits per heavy atom. The van der Waals surface area contributed by atoms with Crippen LogP contribution in [-0.2, 0) is 16.1 Å². The quantitative estimate of drug-likeness (QED) is 0.344. The van der Waals surface area contributed by atoms with E-state index in [1.165, 1.54) is 13.2 Å². The van der Waals surface area contributed by atoms with Gasteiger partial charge in [-0.2, -0.15) is 0 Å². The molecule has 0 saturated carbocycles. The Morgan fingerprint density at radius 3 is 2.36 bits per heavy atom. The molecule has 192 valence electrons. The summed E-state index contributed by atoms with van der Waals surface area (Å²) in [6, 6.07) is 7.50. The number of hydrogen-bond donors (Lipinski definition) is 1. The molecule has 3 rings (SSSR count). The molecule has 0 aromatic heterocycles. The number of nitrogens with one attached hydrogen (secondary N) is 1. The normalized spacial score (nSPS) is 14.6. The first kappa shape index (κ1) is 26.9. The van der Waals surface area contributed by atoms with Gasteiger partial charge >= 0.3 is 6.03 Å². The molecule has 0 aliphatic carbocycles. The predicted octanol–water partition coefficient (Wildman–Crippen LogP) is 4.60. The van der Waals surface area contributed by atoms with Crippen LogP contribution < -0.4 is 24.3 Å². The molecular formula is C26H29ClN2O7. The number of ether oxygens (including phenoxy) is 4. The van der Waals surface area contributed by atoms with Gasteiger partial charge in [0.15, 0.2) is 23.0 Å². The maximum atomic E-state index is 13.2. The summed E-state index contributed by atoms with van der Waals surface area (Å²) in [5.74, 6) is 0.255. The molecule has 0 unspecified atom stereocenters. The van der Waals surface area contributed by atoms with E-state index in [0.717, 1.165) is 11.3 Å². The minimum atomic E-state index is -0.813. The second-order valence-corrected chi connectivity index (χ2v) is 8.15. The Balaban J connectivity index is 1.91. The number of rotatable bonds is 11. The third kappa shape index (κ3) is 6.09. The van der Waals surface area contributed by atoms with Crippen LogP contribution in [0.25, 0.3) is 6.08 Å². The van der Waals surface area contributed by atoms with Crippen molar-refractivity contribution in [3.63, 3.8) is 0 Å². The number of barbiturate groups is 1. The summed E-state index contributed by atoms with van der Waals surface area (Å²) >= 11 is 6.37. The van der Waals surface area contributed by atoms with E-state index in [4.69, 9.17) is 30.5 Å². The predicted molar refractivity (Wildman–Crippen MR) is 135 cm³/mol. The number of carbonyl (C=O) groups excluding carboxylic acids is 3. The second kappa shape index (κ2) is 12.3. The molecule has 1 heterocycles. The SMILES string of the molecule is CCCOc1ccc(CN2C(=O)NC(=O)/C(=C\c3cc(Cl)c(OCC)c(OCC)c3)C2=O)cc1OC. The molecule has 2 aromatic rings. The van der Waals surface area contributed by atoms with Crippen LogP contribution >= 0.6 is 11.6 Å². The van der Waals surface area contributed by atoms with Crippen molar-refractivity contribution in [2.75, 3.05) is 26.9 Å². The van der Waals surface area contributed by atoms with Gasteiger partial charge in [-0.3, -0.25) is 19.8 Å². The third-order valence-electron chi connectivity index (χ3n) is 5.15. The highest BCUT2D eigenvalue weighted by Crippen LogP contribution is 2.37. The van der Waals surface area contributed by atoms with Gasteiger partial charge in [0.05, 0.1) is 38.5 Å². The summed E-state index contributed by atoms with van der Waals surface area (Å²) in [6.07, 6.45) is 2.20. The molecule has 36 heavy (non-hydrogen) atoms. The van der Waals surface area contributed by atoms with Gasteiger partial charge in [-0.1, -0.05) is 24.6 Å². The lowest BCUT2D eigenvalue weighted by atomic mass is 10.1. The first-order valence-corrected chi connectivity index (χ1v) is 12.0. The van der Waals surface area contributed by atoms with Crippen LogP contribution in [0.1, 0.15) is 38.3 Å². The molecule has 0 radical (unpaired) electrons. The van der Waals surface area contributed by atoms with Gasteiger partial charge in [0, 0.05) is 0 Å². The minimum Gasteiger partial charge on any atom is -0.493 e. The summed E-state index contributed by atoms with van der Waals surface area (Å²) in [4.78, 5) is 39.2. The molecular weight excluding hydrogens is 488 g/mol. The summed E-state index contributed by atoms with van der Waals surface area (Å²) < 4.78 is 22.2. The van der Waals surface area contributed by atoms with Gasteiger partial charge in [-0.25, -0.2) is 4.79 Å². The van der Waals surface area contributed by atoms with Gasteiger partial charge in [-0.05, 0) is 61.7 Å². The van der Waals surface area contributed by atoms with Crippen LogP contribution in [0.4, 0.5) is 4.79 Å². The highest BCUT2D eigenvalue weighted by molar-refractivity contribution is 6.33. The molecule has 1 aliphatic rings. The smallest absolute Gasteiger partial charge is 0.331 e. The average Bonchev–Trinajstić information content (AvgIpc) is 2.85. The second-order valence-electron chi connectivity index (χ2n) is 7.74. The number of benzene rings is 2. The summed E-state index contributed by atoms with van der Waals surface area (Å²) in [7, 11) is 1.51. The number of methoxy groups -OCH3 is 1. The van der Waals surface area contributed by atoms with Crippen LogP contribution in [0.5, 0.6) is 23.0 Å². The van der Waals surface area contributed by atoms with Crippen LogP contribution in [-0.4, -0.2) is 49.7 Å². The van der Waals surface area contributed by atoms with Crippen LogP contribution in [0.2, 0.25) is 5.02 Å². The van der Waals surface area contributed by atoms with E-state index in [9.17, 15) is 14.4 Å². The Hall–Kier alpha value is -3.72. The molecule has 0 spiro atoms. The zero-order valence-corrected chi connectivity index (χ0v) is 21.4. The molecule has 1 N–H and O–H groups in total. The summed E-state index contributed by atoms with van der Waals surface area (Å²) in [5, 5.41) is 2.49. The minimum absolute atomic E-state index is 0.0755. The number of hydrogen-bond acceptors (Lipinski definition) is 7. The van der Waals surface area contributed by atoms with Crippen LogP contribution in [0.3, 0.4) is 0 Å². The number of amides is 4. The summed E-state index contributed by atoms with van der Waals surface area (Å²) in [5.41, 5.74) is 0.849. The zero-order valence-electron chi connectivity index (χ0n) is 20.7. The first-order chi connectivity index (χ1) is 17.3. The first-order valence-electron chi connectivity index (χ1n) is 11.6. The Morgan fingerprint density at radius 1 is 0.944 bits per heavy atom. The van der Waals surface area contributed by atoms with Crippen molar-refractivity contribution in [2.24, 2.45) is 0 Å². The standard InChI is InChI=1S/C26H29ClN2O7/c1-5-10-36-20-9-8-16(13-21(20)33-4)15-29-25(31)18(24(30)28-26(29)32)11-17-12-19(27)23(35-7-3)22(14-17)34-6-2/h8-9,11-14H,5-7,10,15H2,1-4H3,(H,28,30,32)/b18-11+. The van der Waals surface area contributed by atoms with E-state index in [-0.39, 0.29) is 17.1 Å². The van der Waals surface area contributed by atoms with E-state index in [1.54, 1.807) is 30.3 Å². The topological polar surface area (TPSA) is 103 Å². The summed E-state index contributed by atoms with van der Waals surface area (Å²) in [6.45, 7) is 6.83. The molecule has 1 aliphatic heterocycles. The lowest BCUT2D eigenvalue weighted by molar-refractivity contribution is -0.130. The monoisotopic (exact) mass is 516 g/mol. The number of imide groups is 2. The number of urea groups is 1. The molecule has 0 bridgehead atoms. The van der Waals surface area contributed by atoms with Crippen molar-refractivity contribution in [1.29, 1.82) is 0 Å². The lowest BCUT2D eigenvalue weighted by Gasteiger charge is -2.26. The van der Waals surface area contributed by atoms with Crippen LogP contribution in [0, 0.1) is 0 Å². The van der Waals surface area contributed by atoms with Crippen molar-refractivity contribution in [2.45, 2.75) is 33.7 Å². The van der Waals surface area contributed by atoms with Gasteiger partial charge in [0.25, 0.3) is 11.8 Å². The highest BCUT2D eigenvalue weighted by atomic mass is 35.5. The molecule has 10 heteroatoms. The van der Waals surface area contributed by atoms with Crippen molar-refractivity contribution in [1.82, 2.24) is 10.2 Å². The van der Waals surface area contributed by atoms with Gasteiger partial charge in [0.1, 0.15) is 5.57 Å². The van der Waals surface area contributed by atoms with E-state index in [2.05, 4.69) is 5.32 Å². The van der Waals surface area contributed by atoms with Gasteiger partial charge < -0.3 is 18.9 Å². The van der Waals surface area contributed by atoms with E-state index in [0.29, 0.717) is 53.9 Å². The number of carbonyl (C=O) groups is 3. The fraction of sp³-hybridized carbons (Fsp3) is 0.346. The van der Waals surface area contributed by atoms with Crippen molar-refractivity contribution >= 4 is 35.5 Å². The van der Waals surface area contributed by atoms with E-state index < -0.39 is 17.8 Å². The highest BCUT2D eigenvalue weighted by Gasteiger charge is 2.36. The van der Waals surface area contributed by atoms with Gasteiger partial charge in [0.2, 0.25) is 0 Å². The van der Waals surface area contributed by atoms with Crippen molar-refractivity contribution in [3.8, 4) is 23.0 Å². The fourth-order valence-electron chi connectivity index (χ4n) is 3.55. The van der Waals surface area contributed by atoms with Crippen LogP contribution in [0.15, 0.2) is 35.9 Å². The maximum Gasteiger partial charge on any atom is 0.331 e. The number of nitrogens with zero attached hydrogens (tertiary/aromatic N) is 1. The Bertz CT molecular complexity index is 1180. The molecule has 9 nitrogen and oxygen atoms in total. The van der Waals surface area contributed by atoms with Crippen molar-refractivity contribution < 1.29 is 33.3 Å². The molecule has 2 aromatic carbocycles. The van der Waals surface area contributed by atoms with E-state index >= 15 is 0 Å². The molecule has 1 fully saturated rings. The largest absolute Gasteiger partial charge is 0.493 e. The maximum absolute atomic E-state index is 13.2. The number of halogens is 1. The zero-order chi connectivity index (χ0) is 26.2. The van der Waals surface area contributed by atoms with Crippen molar-refractivity contribution in [3.05, 3.63) is 52.1 Å². The fourth-order valence-corrected chi connectivity index (χ4v) is 3.82. The Kier molecular flexibility index (Phi) is 9.19. The molecule has 0 atom stereocenters. The lowest BCUT2D eigenvalue weighted by Crippen LogP contribution is -2.53. The average molecular weight is 517 g/mol. The third-order valence-corrected chi connectivity index (χ3v) is 5.43. The molecule has 1 saturated heterocycles. The van der Waals surface area contributed by atoms with Gasteiger partial charge in [-0.15, -0.1) is 0 Å². The van der Waals surface area contributed by atoms with E-state index in [1.807, 2.05) is 20.8 Å².